The average Bonchev–Trinajstić information content (AvgIpc) is 3.25. The van der Waals surface area contributed by atoms with Crippen molar-refractivity contribution < 1.29 is 9.90 Å². The number of aryl methyl sites for hydroxylation is 2. The van der Waals surface area contributed by atoms with E-state index in [1.807, 2.05) is 53.8 Å². The Hall–Kier alpha value is -2.14. The molecule has 2 fully saturated rings. The summed E-state index contributed by atoms with van der Waals surface area (Å²) in [6.07, 6.45) is 3.82. The molecule has 1 amide bonds. The summed E-state index contributed by atoms with van der Waals surface area (Å²) in [5, 5.41) is 15.5. The number of hydrogen-bond acceptors (Lipinski definition) is 3. The summed E-state index contributed by atoms with van der Waals surface area (Å²) < 4.78 is 1.90. The molecule has 3 atom stereocenters. The molecular formula is C22H29N3O2. The lowest BCUT2D eigenvalue weighted by Crippen LogP contribution is -2.44. The molecule has 1 aliphatic heterocycles. The Labute approximate surface area is 161 Å². The molecule has 0 radical (unpaired) electrons. The molecule has 2 heterocycles. The molecule has 0 spiro atoms. The van der Waals surface area contributed by atoms with Gasteiger partial charge in [0, 0.05) is 30.3 Å². The van der Waals surface area contributed by atoms with Crippen molar-refractivity contribution in [3.8, 4) is 5.69 Å². The highest BCUT2D eigenvalue weighted by molar-refractivity contribution is 5.94. The summed E-state index contributed by atoms with van der Waals surface area (Å²) in [6.45, 7) is 7.51. The summed E-state index contributed by atoms with van der Waals surface area (Å²) in [6, 6.07) is 9.74. The number of benzene rings is 1. The number of rotatable bonds is 3. The van der Waals surface area contributed by atoms with Gasteiger partial charge in [0.05, 0.1) is 17.0 Å². The van der Waals surface area contributed by atoms with E-state index < -0.39 is 5.60 Å². The molecule has 0 unspecified atom stereocenters. The summed E-state index contributed by atoms with van der Waals surface area (Å²) >= 11 is 0. The number of carbonyl (C=O) groups is 1. The molecule has 1 saturated heterocycles. The molecule has 2 aromatic rings. The van der Waals surface area contributed by atoms with Crippen LogP contribution in [0.4, 0.5) is 0 Å². The second-order valence-corrected chi connectivity index (χ2v) is 8.31. The number of carbonyl (C=O) groups excluding carboxylic acids is 1. The van der Waals surface area contributed by atoms with Crippen LogP contribution in [0.15, 0.2) is 30.3 Å². The van der Waals surface area contributed by atoms with E-state index in [1.54, 1.807) is 0 Å². The topological polar surface area (TPSA) is 58.4 Å². The van der Waals surface area contributed by atoms with E-state index in [0.717, 1.165) is 49.3 Å². The fourth-order valence-corrected chi connectivity index (χ4v) is 5.05. The Balaban J connectivity index is 1.51. The van der Waals surface area contributed by atoms with Gasteiger partial charge in [-0.2, -0.15) is 5.10 Å². The van der Waals surface area contributed by atoms with Crippen LogP contribution in [0.2, 0.25) is 0 Å². The lowest BCUT2D eigenvalue weighted by atomic mass is 9.69. The van der Waals surface area contributed by atoms with Crippen molar-refractivity contribution in [1.29, 1.82) is 0 Å². The predicted molar refractivity (Wildman–Crippen MR) is 105 cm³/mol. The van der Waals surface area contributed by atoms with Crippen LogP contribution in [0, 0.1) is 25.7 Å². The van der Waals surface area contributed by atoms with Crippen LogP contribution in [0.5, 0.6) is 0 Å². The van der Waals surface area contributed by atoms with Gasteiger partial charge in [-0.05, 0) is 69.4 Å². The average molecular weight is 367 g/mol. The first kappa shape index (κ1) is 18.2. The third kappa shape index (κ3) is 3.18. The zero-order chi connectivity index (χ0) is 19.2. The Kier molecular flexibility index (Phi) is 4.58. The summed E-state index contributed by atoms with van der Waals surface area (Å²) in [7, 11) is 0. The largest absolute Gasteiger partial charge is 0.390 e. The fourth-order valence-electron chi connectivity index (χ4n) is 5.05. The van der Waals surface area contributed by atoms with Crippen molar-refractivity contribution in [3.63, 3.8) is 0 Å². The fraction of sp³-hybridized carbons (Fsp3) is 0.545. The van der Waals surface area contributed by atoms with E-state index in [-0.39, 0.29) is 11.8 Å². The standard InChI is InChI=1S/C22H29N3O2/c1-4-22(27)11-5-6-18-13-24(14-20(18)22)21(26)17-7-9-19(10-8-17)25-16(3)12-15(2)23-25/h7-10,12,18,20,27H,4-6,11,13-14H2,1-3H3/t18-,20+,22-/m0/s1. The monoisotopic (exact) mass is 367 g/mol. The first-order chi connectivity index (χ1) is 12.9. The Morgan fingerprint density at radius 1 is 1.26 bits per heavy atom. The van der Waals surface area contributed by atoms with E-state index >= 15 is 0 Å². The predicted octanol–water partition coefficient (Wildman–Crippen LogP) is 3.50. The van der Waals surface area contributed by atoms with E-state index in [1.165, 1.54) is 0 Å². The molecule has 4 rings (SSSR count). The molecule has 1 N–H and O–H groups in total. The zero-order valence-electron chi connectivity index (χ0n) is 16.5. The quantitative estimate of drug-likeness (QED) is 0.903. The van der Waals surface area contributed by atoms with Crippen molar-refractivity contribution in [2.24, 2.45) is 11.8 Å². The molecule has 5 nitrogen and oxygen atoms in total. The number of likely N-dealkylation sites (tertiary alicyclic amines) is 1. The SMILES string of the molecule is CC[C@]1(O)CCC[C@H]2CN(C(=O)c3ccc(-n4nc(C)cc4C)cc3)C[C@H]21. The Bertz CT molecular complexity index is 842. The number of nitrogens with zero attached hydrogens (tertiary/aromatic N) is 3. The first-order valence-electron chi connectivity index (χ1n) is 10.1. The van der Waals surface area contributed by atoms with Gasteiger partial charge in [0.2, 0.25) is 0 Å². The second kappa shape index (κ2) is 6.79. The number of aromatic nitrogens is 2. The van der Waals surface area contributed by atoms with Gasteiger partial charge in [0.1, 0.15) is 0 Å². The molecule has 2 aliphatic rings. The van der Waals surface area contributed by atoms with Gasteiger partial charge in [0.25, 0.3) is 5.91 Å². The van der Waals surface area contributed by atoms with Crippen molar-refractivity contribution >= 4 is 5.91 Å². The number of hydrogen-bond donors (Lipinski definition) is 1. The van der Waals surface area contributed by atoms with Gasteiger partial charge >= 0.3 is 0 Å². The first-order valence-corrected chi connectivity index (χ1v) is 10.1. The van der Waals surface area contributed by atoms with E-state index in [4.69, 9.17) is 0 Å². The van der Waals surface area contributed by atoms with Gasteiger partial charge in [-0.1, -0.05) is 13.3 Å². The van der Waals surface area contributed by atoms with Gasteiger partial charge < -0.3 is 10.0 Å². The van der Waals surface area contributed by atoms with Crippen LogP contribution < -0.4 is 0 Å². The minimum absolute atomic E-state index is 0.0720. The van der Waals surface area contributed by atoms with E-state index in [0.29, 0.717) is 18.0 Å². The highest BCUT2D eigenvalue weighted by atomic mass is 16.3. The van der Waals surface area contributed by atoms with Crippen LogP contribution in [-0.4, -0.2) is 44.4 Å². The third-order valence-corrected chi connectivity index (χ3v) is 6.58. The van der Waals surface area contributed by atoms with E-state index in [2.05, 4.69) is 12.0 Å². The van der Waals surface area contributed by atoms with E-state index in [9.17, 15) is 9.90 Å². The van der Waals surface area contributed by atoms with Crippen molar-refractivity contribution in [1.82, 2.24) is 14.7 Å². The highest BCUT2D eigenvalue weighted by Crippen LogP contribution is 2.44. The zero-order valence-corrected chi connectivity index (χ0v) is 16.5. The van der Waals surface area contributed by atoms with Crippen LogP contribution in [-0.2, 0) is 0 Å². The maximum atomic E-state index is 13.0. The van der Waals surface area contributed by atoms with Crippen molar-refractivity contribution in [3.05, 3.63) is 47.3 Å². The number of amides is 1. The minimum Gasteiger partial charge on any atom is -0.390 e. The molecule has 27 heavy (non-hydrogen) atoms. The number of fused-ring (bicyclic) bond motifs is 1. The highest BCUT2D eigenvalue weighted by Gasteiger charge is 2.48. The molecule has 0 bridgehead atoms. The van der Waals surface area contributed by atoms with Gasteiger partial charge in [-0.15, -0.1) is 0 Å². The molecule has 5 heteroatoms. The molecule has 1 aromatic carbocycles. The second-order valence-electron chi connectivity index (χ2n) is 8.31. The summed E-state index contributed by atoms with van der Waals surface area (Å²) in [5.74, 6) is 0.721. The molecule has 1 aliphatic carbocycles. The Morgan fingerprint density at radius 2 is 2.00 bits per heavy atom. The lowest BCUT2D eigenvalue weighted by molar-refractivity contribution is -0.0609. The normalized spacial score (nSPS) is 27.6. The lowest BCUT2D eigenvalue weighted by Gasteiger charge is -2.40. The number of aliphatic hydroxyl groups is 1. The van der Waals surface area contributed by atoms with Crippen LogP contribution >= 0.6 is 0 Å². The molecular weight excluding hydrogens is 338 g/mol. The van der Waals surface area contributed by atoms with Gasteiger partial charge in [-0.25, -0.2) is 4.68 Å². The van der Waals surface area contributed by atoms with Crippen LogP contribution in [0.1, 0.15) is 54.4 Å². The smallest absolute Gasteiger partial charge is 0.253 e. The minimum atomic E-state index is -0.600. The maximum Gasteiger partial charge on any atom is 0.253 e. The molecule has 144 valence electrons. The van der Waals surface area contributed by atoms with Crippen molar-refractivity contribution in [2.75, 3.05) is 13.1 Å². The third-order valence-electron chi connectivity index (χ3n) is 6.58. The summed E-state index contributed by atoms with van der Waals surface area (Å²) in [5.41, 5.74) is 3.13. The molecule has 1 saturated carbocycles. The van der Waals surface area contributed by atoms with Crippen molar-refractivity contribution in [2.45, 2.75) is 52.1 Å². The van der Waals surface area contributed by atoms with Crippen LogP contribution in [0.3, 0.4) is 0 Å². The van der Waals surface area contributed by atoms with Gasteiger partial charge in [0.15, 0.2) is 0 Å². The summed E-state index contributed by atoms with van der Waals surface area (Å²) in [4.78, 5) is 15.0. The maximum absolute atomic E-state index is 13.0. The van der Waals surface area contributed by atoms with Crippen LogP contribution in [0.25, 0.3) is 5.69 Å². The molecule has 1 aromatic heterocycles. The Morgan fingerprint density at radius 3 is 2.63 bits per heavy atom. The van der Waals surface area contributed by atoms with Gasteiger partial charge in [-0.3, -0.25) is 4.79 Å².